The van der Waals surface area contributed by atoms with Crippen LogP contribution in [0, 0.1) is 0 Å². The summed E-state index contributed by atoms with van der Waals surface area (Å²) in [5.74, 6) is 0.712. The van der Waals surface area contributed by atoms with Gasteiger partial charge in [0.05, 0.1) is 5.75 Å². The van der Waals surface area contributed by atoms with Gasteiger partial charge in [0.2, 0.25) is 0 Å². The van der Waals surface area contributed by atoms with E-state index >= 15 is 0 Å². The highest BCUT2D eigenvalue weighted by Gasteiger charge is 2.00. The van der Waals surface area contributed by atoms with Crippen molar-refractivity contribution in [2.75, 3.05) is 5.75 Å². The number of aromatic amines is 1. The summed E-state index contributed by atoms with van der Waals surface area (Å²) < 4.78 is 28.0. The van der Waals surface area contributed by atoms with E-state index in [9.17, 15) is 8.42 Å². The van der Waals surface area contributed by atoms with Crippen LogP contribution in [0.3, 0.4) is 0 Å². The molecule has 0 aliphatic rings. The number of nitrogens with zero attached hydrogens (tertiary/aromatic N) is 1. The van der Waals surface area contributed by atoms with Gasteiger partial charge < -0.3 is 4.98 Å². The van der Waals surface area contributed by atoms with Crippen LogP contribution in [0.25, 0.3) is 6.08 Å². The maximum atomic E-state index is 9.95. The van der Waals surface area contributed by atoms with E-state index in [1.165, 1.54) is 0 Å². The minimum absolute atomic E-state index is 0.108. The van der Waals surface area contributed by atoms with Crippen molar-refractivity contribution in [1.29, 1.82) is 0 Å². The molecule has 0 fully saturated rings. The van der Waals surface area contributed by atoms with Crippen LogP contribution >= 0.6 is 0 Å². The topological polar surface area (TPSA) is 83.0 Å². The standard InChI is InChI=1S/C5H6N2.C4H10O3S/c1-2-5-6-3-4-7-5;1-2-3-4-8(5,6)7/h2-4H,1H2,(H,6,7);2-4H2,1H3,(H,5,6,7). The van der Waals surface area contributed by atoms with Crippen LogP contribution in [0.2, 0.25) is 0 Å². The molecule has 0 amide bonds. The fourth-order valence-electron chi connectivity index (χ4n) is 0.716. The molecule has 0 aromatic carbocycles. The van der Waals surface area contributed by atoms with E-state index in [0.717, 1.165) is 12.2 Å². The van der Waals surface area contributed by atoms with Gasteiger partial charge in [-0.3, -0.25) is 4.55 Å². The molecule has 15 heavy (non-hydrogen) atoms. The molecule has 5 nitrogen and oxygen atoms in total. The molecule has 0 bridgehead atoms. The van der Waals surface area contributed by atoms with Crippen LogP contribution in [-0.4, -0.2) is 28.7 Å². The van der Waals surface area contributed by atoms with Crippen LogP contribution in [-0.2, 0) is 10.1 Å². The third-order valence-electron chi connectivity index (χ3n) is 1.47. The number of nitrogens with one attached hydrogen (secondary N) is 1. The Balaban J connectivity index is 0.000000262. The van der Waals surface area contributed by atoms with E-state index in [2.05, 4.69) is 16.5 Å². The second-order valence-electron chi connectivity index (χ2n) is 2.82. The van der Waals surface area contributed by atoms with Gasteiger partial charge in [0.1, 0.15) is 5.82 Å². The molecule has 1 aromatic rings. The number of unbranched alkanes of at least 4 members (excludes halogenated alkanes) is 1. The third kappa shape index (κ3) is 9.17. The van der Waals surface area contributed by atoms with Gasteiger partial charge >= 0.3 is 0 Å². The number of imidazole rings is 1. The lowest BCUT2D eigenvalue weighted by Gasteiger charge is -1.90. The Morgan fingerprint density at radius 1 is 1.67 bits per heavy atom. The number of H-pyrrole nitrogens is 1. The summed E-state index contributed by atoms with van der Waals surface area (Å²) in [5.41, 5.74) is 0. The molecule has 0 spiro atoms. The maximum Gasteiger partial charge on any atom is 0.264 e. The third-order valence-corrected chi connectivity index (χ3v) is 2.27. The van der Waals surface area contributed by atoms with Crippen molar-refractivity contribution in [3.05, 3.63) is 24.8 Å². The first-order chi connectivity index (χ1) is 6.99. The minimum atomic E-state index is -3.69. The van der Waals surface area contributed by atoms with E-state index in [4.69, 9.17) is 4.55 Å². The van der Waals surface area contributed by atoms with Gasteiger partial charge in [-0.2, -0.15) is 8.42 Å². The summed E-state index contributed by atoms with van der Waals surface area (Å²) >= 11 is 0. The van der Waals surface area contributed by atoms with E-state index in [-0.39, 0.29) is 5.75 Å². The van der Waals surface area contributed by atoms with Crippen molar-refractivity contribution < 1.29 is 13.0 Å². The normalized spacial score (nSPS) is 10.3. The zero-order valence-electron chi connectivity index (χ0n) is 8.68. The highest BCUT2D eigenvalue weighted by atomic mass is 32.2. The van der Waals surface area contributed by atoms with Gasteiger partial charge in [0.25, 0.3) is 10.1 Å². The Hall–Kier alpha value is -1.14. The Labute approximate surface area is 90.0 Å². The fraction of sp³-hybridized carbons (Fsp3) is 0.444. The summed E-state index contributed by atoms with van der Waals surface area (Å²) in [6.07, 6.45) is 6.45. The number of rotatable bonds is 4. The van der Waals surface area contributed by atoms with Crippen molar-refractivity contribution in [2.45, 2.75) is 19.8 Å². The van der Waals surface area contributed by atoms with Crippen molar-refractivity contribution >= 4 is 16.2 Å². The smallest absolute Gasteiger partial charge is 0.264 e. The molecule has 0 saturated carbocycles. The molecule has 0 unspecified atom stereocenters. The van der Waals surface area contributed by atoms with Gasteiger partial charge in [-0.05, 0) is 12.5 Å². The van der Waals surface area contributed by atoms with E-state index in [1.807, 2.05) is 6.92 Å². The predicted octanol–water partition coefficient (Wildman–Crippen LogP) is 1.73. The molecule has 0 aliphatic heterocycles. The first-order valence-electron chi connectivity index (χ1n) is 4.56. The lowest BCUT2D eigenvalue weighted by molar-refractivity contribution is 0.480. The van der Waals surface area contributed by atoms with Crippen molar-refractivity contribution in [3.63, 3.8) is 0 Å². The SMILES string of the molecule is C=Cc1ncc[nH]1.CCCCS(=O)(=O)O. The van der Waals surface area contributed by atoms with Gasteiger partial charge in [-0.25, -0.2) is 4.98 Å². The number of hydrogen-bond acceptors (Lipinski definition) is 3. The lowest BCUT2D eigenvalue weighted by Crippen LogP contribution is -2.02. The molecule has 2 N–H and O–H groups in total. The molecular formula is C9H16N2O3S. The maximum absolute atomic E-state index is 9.95. The number of aromatic nitrogens is 2. The summed E-state index contributed by atoms with van der Waals surface area (Å²) in [4.78, 5) is 6.72. The van der Waals surface area contributed by atoms with E-state index in [1.54, 1.807) is 18.5 Å². The molecule has 1 rings (SSSR count). The fourth-order valence-corrected chi connectivity index (χ4v) is 1.37. The Morgan fingerprint density at radius 2 is 2.33 bits per heavy atom. The molecule has 0 aliphatic carbocycles. The highest BCUT2D eigenvalue weighted by molar-refractivity contribution is 7.85. The van der Waals surface area contributed by atoms with Crippen LogP contribution in [0.4, 0.5) is 0 Å². The molecule has 1 heterocycles. The molecule has 86 valence electrons. The summed E-state index contributed by atoms with van der Waals surface area (Å²) in [6, 6.07) is 0. The average Bonchev–Trinajstić information content (AvgIpc) is 2.67. The second kappa shape index (κ2) is 7.19. The summed E-state index contributed by atoms with van der Waals surface area (Å²) in [7, 11) is -3.69. The van der Waals surface area contributed by atoms with Crippen LogP contribution < -0.4 is 0 Å². The van der Waals surface area contributed by atoms with Crippen LogP contribution in [0.5, 0.6) is 0 Å². The highest BCUT2D eigenvalue weighted by Crippen LogP contribution is 1.90. The number of hydrogen-bond donors (Lipinski definition) is 2. The van der Waals surface area contributed by atoms with E-state index in [0.29, 0.717) is 6.42 Å². The van der Waals surface area contributed by atoms with E-state index < -0.39 is 10.1 Å². The molecule has 6 heteroatoms. The van der Waals surface area contributed by atoms with Crippen molar-refractivity contribution in [2.24, 2.45) is 0 Å². The molecular weight excluding hydrogens is 216 g/mol. The van der Waals surface area contributed by atoms with Crippen molar-refractivity contribution in [1.82, 2.24) is 9.97 Å². The summed E-state index contributed by atoms with van der Waals surface area (Å²) in [6.45, 7) is 5.38. The van der Waals surface area contributed by atoms with Gasteiger partial charge in [0.15, 0.2) is 0 Å². The monoisotopic (exact) mass is 232 g/mol. The molecule has 0 radical (unpaired) electrons. The lowest BCUT2D eigenvalue weighted by atomic mass is 10.4. The minimum Gasteiger partial charge on any atom is -0.345 e. The predicted molar refractivity (Wildman–Crippen MR) is 60.0 cm³/mol. The van der Waals surface area contributed by atoms with Crippen molar-refractivity contribution in [3.8, 4) is 0 Å². The zero-order valence-corrected chi connectivity index (χ0v) is 9.50. The summed E-state index contributed by atoms with van der Waals surface area (Å²) in [5, 5.41) is 0. The van der Waals surface area contributed by atoms with Gasteiger partial charge in [-0.15, -0.1) is 0 Å². The Morgan fingerprint density at radius 3 is 2.53 bits per heavy atom. The average molecular weight is 232 g/mol. The molecule has 1 aromatic heterocycles. The van der Waals surface area contributed by atoms with Gasteiger partial charge in [0, 0.05) is 12.4 Å². The molecule has 0 saturated heterocycles. The van der Waals surface area contributed by atoms with Crippen LogP contribution in [0.15, 0.2) is 19.0 Å². The molecule has 0 atom stereocenters. The second-order valence-corrected chi connectivity index (χ2v) is 4.39. The largest absolute Gasteiger partial charge is 0.345 e. The van der Waals surface area contributed by atoms with Crippen LogP contribution in [0.1, 0.15) is 25.6 Å². The Kier molecular flexibility index (Phi) is 6.64. The first-order valence-corrected chi connectivity index (χ1v) is 6.17. The quantitative estimate of drug-likeness (QED) is 0.774. The van der Waals surface area contributed by atoms with Gasteiger partial charge in [-0.1, -0.05) is 19.9 Å². The zero-order chi connectivity index (χ0) is 11.7. The first kappa shape index (κ1) is 13.9. The Bertz CT molecular complexity index is 357.